The van der Waals surface area contributed by atoms with E-state index in [2.05, 4.69) is 46.6 Å². The first-order valence-electron chi connectivity index (χ1n) is 7.84. The molecular formula is C19H17N5. The maximum Gasteiger partial charge on any atom is 0.157 e. The van der Waals surface area contributed by atoms with E-state index in [0.717, 1.165) is 28.3 Å². The normalized spacial score (nSPS) is 10.9. The van der Waals surface area contributed by atoms with Crippen molar-refractivity contribution in [3.8, 4) is 11.3 Å². The Balaban J connectivity index is 1.71. The topological polar surface area (TPSA) is 55.1 Å². The fourth-order valence-corrected chi connectivity index (χ4v) is 2.61. The van der Waals surface area contributed by atoms with Crippen LogP contribution in [0.4, 0.5) is 5.82 Å². The average molecular weight is 315 g/mol. The van der Waals surface area contributed by atoms with E-state index in [9.17, 15) is 0 Å². The smallest absolute Gasteiger partial charge is 0.157 e. The van der Waals surface area contributed by atoms with Crippen molar-refractivity contribution >= 4 is 11.5 Å². The lowest BCUT2D eigenvalue weighted by Crippen LogP contribution is -2.06. The van der Waals surface area contributed by atoms with Gasteiger partial charge in [-0.1, -0.05) is 35.9 Å². The molecule has 0 amide bonds. The number of aromatic nitrogens is 4. The van der Waals surface area contributed by atoms with Crippen LogP contribution in [0.2, 0.25) is 0 Å². The van der Waals surface area contributed by atoms with Gasteiger partial charge in [-0.05, 0) is 18.6 Å². The van der Waals surface area contributed by atoms with Crippen LogP contribution in [0.1, 0.15) is 11.1 Å². The first-order valence-corrected chi connectivity index (χ1v) is 7.84. The van der Waals surface area contributed by atoms with Gasteiger partial charge in [0.05, 0.1) is 11.9 Å². The summed E-state index contributed by atoms with van der Waals surface area (Å²) in [4.78, 5) is 8.85. The summed E-state index contributed by atoms with van der Waals surface area (Å²) in [6, 6.07) is 16.3. The third-order valence-electron chi connectivity index (χ3n) is 3.90. The largest absolute Gasteiger partial charge is 0.366 e. The lowest BCUT2D eigenvalue weighted by Gasteiger charge is -2.11. The van der Waals surface area contributed by atoms with E-state index in [1.165, 1.54) is 5.56 Å². The molecule has 5 heteroatoms. The molecule has 1 N–H and O–H groups in total. The molecule has 4 rings (SSSR count). The number of pyridine rings is 1. The van der Waals surface area contributed by atoms with E-state index in [-0.39, 0.29) is 0 Å². The molecule has 0 fully saturated rings. The highest BCUT2D eigenvalue weighted by Gasteiger charge is 2.08. The molecule has 0 aliphatic heterocycles. The van der Waals surface area contributed by atoms with E-state index >= 15 is 0 Å². The number of rotatable bonds is 4. The summed E-state index contributed by atoms with van der Waals surface area (Å²) < 4.78 is 1.81. The lowest BCUT2D eigenvalue weighted by atomic mass is 10.1. The Hall–Kier alpha value is -3.21. The van der Waals surface area contributed by atoms with Crippen LogP contribution >= 0.6 is 0 Å². The Morgan fingerprint density at radius 3 is 2.71 bits per heavy atom. The van der Waals surface area contributed by atoms with Gasteiger partial charge in [-0.3, -0.25) is 4.98 Å². The fraction of sp³-hybridized carbons (Fsp3) is 0.105. The molecular weight excluding hydrogens is 298 g/mol. The van der Waals surface area contributed by atoms with Crippen LogP contribution in [0.5, 0.6) is 0 Å². The molecule has 0 aliphatic rings. The number of aryl methyl sites for hydroxylation is 1. The van der Waals surface area contributed by atoms with Crippen molar-refractivity contribution in [2.24, 2.45) is 0 Å². The SMILES string of the molecule is Cc1ccc(-c2cc(NCc3cccnc3)n3nccc3n2)cc1. The Morgan fingerprint density at radius 2 is 1.92 bits per heavy atom. The Bertz CT molecular complexity index is 958. The minimum absolute atomic E-state index is 0.681. The minimum atomic E-state index is 0.681. The summed E-state index contributed by atoms with van der Waals surface area (Å²) >= 11 is 0. The van der Waals surface area contributed by atoms with Crippen molar-refractivity contribution in [2.45, 2.75) is 13.5 Å². The second kappa shape index (κ2) is 6.12. The molecule has 1 aromatic carbocycles. The molecule has 118 valence electrons. The molecule has 0 atom stereocenters. The van der Waals surface area contributed by atoms with E-state index < -0.39 is 0 Å². The van der Waals surface area contributed by atoms with Gasteiger partial charge in [0.1, 0.15) is 5.82 Å². The molecule has 0 bridgehead atoms. The van der Waals surface area contributed by atoms with Gasteiger partial charge >= 0.3 is 0 Å². The van der Waals surface area contributed by atoms with Gasteiger partial charge in [0.2, 0.25) is 0 Å². The van der Waals surface area contributed by atoms with E-state index in [1.807, 2.05) is 35.0 Å². The first kappa shape index (κ1) is 14.4. The minimum Gasteiger partial charge on any atom is -0.366 e. The first-order chi connectivity index (χ1) is 11.8. The van der Waals surface area contributed by atoms with Gasteiger partial charge < -0.3 is 5.32 Å². The van der Waals surface area contributed by atoms with Crippen molar-refractivity contribution in [1.29, 1.82) is 0 Å². The second-order valence-corrected chi connectivity index (χ2v) is 5.71. The van der Waals surface area contributed by atoms with Gasteiger partial charge in [0.15, 0.2) is 5.65 Å². The maximum atomic E-state index is 4.70. The Labute approximate surface area is 140 Å². The molecule has 0 unspecified atom stereocenters. The summed E-state index contributed by atoms with van der Waals surface area (Å²) in [5.74, 6) is 0.907. The van der Waals surface area contributed by atoms with Gasteiger partial charge in [0.25, 0.3) is 0 Å². The van der Waals surface area contributed by atoms with E-state index in [1.54, 1.807) is 12.4 Å². The third kappa shape index (κ3) is 2.84. The van der Waals surface area contributed by atoms with E-state index in [0.29, 0.717) is 6.54 Å². The highest BCUT2D eigenvalue weighted by Crippen LogP contribution is 2.22. The number of nitrogens with zero attached hydrogens (tertiary/aromatic N) is 4. The Kier molecular flexibility index (Phi) is 3.67. The summed E-state index contributed by atoms with van der Waals surface area (Å²) in [5.41, 5.74) is 5.19. The number of benzene rings is 1. The van der Waals surface area contributed by atoms with Gasteiger partial charge in [-0.2, -0.15) is 9.61 Å². The summed E-state index contributed by atoms with van der Waals surface area (Å²) in [7, 11) is 0. The van der Waals surface area contributed by atoms with Crippen LogP contribution in [0.15, 0.2) is 67.1 Å². The van der Waals surface area contributed by atoms with Gasteiger partial charge in [-0.15, -0.1) is 0 Å². The van der Waals surface area contributed by atoms with Crippen molar-refractivity contribution in [1.82, 2.24) is 19.6 Å². The molecule has 0 radical (unpaired) electrons. The number of nitrogens with one attached hydrogen (secondary N) is 1. The van der Waals surface area contributed by atoms with Crippen molar-refractivity contribution in [2.75, 3.05) is 5.32 Å². The predicted molar refractivity (Wildman–Crippen MR) is 94.7 cm³/mol. The molecule has 0 saturated carbocycles. The highest BCUT2D eigenvalue weighted by molar-refractivity contribution is 5.66. The summed E-state index contributed by atoms with van der Waals surface area (Å²) in [6.07, 6.45) is 5.39. The lowest BCUT2D eigenvalue weighted by molar-refractivity contribution is 0.925. The van der Waals surface area contributed by atoms with Gasteiger partial charge in [0, 0.05) is 36.6 Å². The molecule has 24 heavy (non-hydrogen) atoms. The molecule has 0 aliphatic carbocycles. The molecule has 4 aromatic rings. The Morgan fingerprint density at radius 1 is 1.04 bits per heavy atom. The average Bonchev–Trinajstić information content (AvgIpc) is 3.10. The zero-order valence-corrected chi connectivity index (χ0v) is 13.3. The maximum absolute atomic E-state index is 4.70. The number of anilines is 1. The molecule has 5 nitrogen and oxygen atoms in total. The van der Waals surface area contributed by atoms with Crippen LogP contribution in [0, 0.1) is 6.92 Å². The fourth-order valence-electron chi connectivity index (χ4n) is 2.61. The molecule has 3 aromatic heterocycles. The van der Waals surface area contributed by atoms with Gasteiger partial charge in [-0.25, -0.2) is 4.98 Å². The van der Waals surface area contributed by atoms with Crippen LogP contribution in [0.25, 0.3) is 16.9 Å². The van der Waals surface area contributed by atoms with E-state index in [4.69, 9.17) is 4.98 Å². The zero-order chi connectivity index (χ0) is 16.4. The number of fused-ring (bicyclic) bond motifs is 1. The standard InChI is InChI=1S/C19H17N5/c1-14-4-6-16(7-5-14)17-11-19(24-18(23-17)8-10-22-24)21-13-15-3-2-9-20-12-15/h2-12,21H,13H2,1H3. The second-order valence-electron chi connectivity index (χ2n) is 5.71. The number of hydrogen-bond acceptors (Lipinski definition) is 4. The third-order valence-corrected chi connectivity index (χ3v) is 3.90. The summed E-state index contributed by atoms with van der Waals surface area (Å²) in [6.45, 7) is 2.76. The van der Waals surface area contributed by atoms with Crippen LogP contribution in [0.3, 0.4) is 0 Å². The zero-order valence-electron chi connectivity index (χ0n) is 13.3. The van der Waals surface area contributed by atoms with Crippen LogP contribution in [-0.4, -0.2) is 19.6 Å². The molecule has 0 spiro atoms. The monoisotopic (exact) mass is 315 g/mol. The quantitative estimate of drug-likeness (QED) is 0.624. The summed E-state index contributed by atoms with van der Waals surface area (Å²) in [5, 5.41) is 7.79. The number of hydrogen-bond donors (Lipinski definition) is 1. The van der Waals surface area contributed by atoms with Crippen LogP contribution in [-0.2, 0) is 6.54 Å². The van der Waals surface area contributed by atoms with Crippen molar-refractivity contribution < 1.29 is 0 Å². The highest BCUT2D eigenvalue weighted by atomic mass is 15.3. The van der Waals surface area contributed by atoms with Crippen molar-refractivity contribution in [3.63, 3.8) is 0 Å². The van der Waals surface area contributed by atoms with Crippen LogP contribution < -0.4 is 5.32 Å². The van der Waals surface area contributed by atoms with Crippen molar-refractivity contribution in [3.05, 3.63) is 78.2 Å². The predicted octanol–water partition coefficient (Wildman–Crippen LogP) is 3.71. The molecule has 3 heterocycles. The molecule has 0 saturated heterocycles.